The molecule has 2 rings (SSSR count). The average molecular weight is 304 g/mol. The van der Waals surface area contributed by atoms with Crippen LogP contribution in [0.25, 0.3) is 0 Å². The van der Waals surface area contributed by atoms with Crippen LogP contribution in [-0.4, -0.2) is 54.6 Å². The van der Waals surface area contributed by atoms with Crippen LogP contribution in [0.15, 0.2) is 22.2 Å². The fourth-order valence-electron chi connectivity index (χ4n) is 2.23. The molecule has 2 amide bonds. The minimum atomic E-state index is -0.462. The number of carbonyl (C=O) groups excluding carboxylic acids is 1. The Morgan fingerprint density at radius 3 is 2.47 bits per heavy atom. The Balaban J connectivity index is 1.96. The first-order valence-corrected chi connectivity index (χ1v) is 7.15. The molecule has 1 saturated heterocycles. The number of hydrogen-bond donors (Lipinski definition) is 1. The highest BCUT2D eigenvalue weighted by molar-refractivity contribution is 6.44. The van der Waals surface area contributed by atoms with Crippen molar-refractivity contribution in [3.8, 4) is 0 Å². The van der Waals surface area contributed by atoms with Crippen molar-refractivity contribution in [2.24, 2.45) is 0 Å². The van der Waals surface area contributed by atoms with E-state index in [-0.39, 0.29) is 6.03 Å². The van der Waals surface area contributed by atoms with Gasteiger partial charge in [-0.05, 0) is 26.5 Å². The molecule has 106 valence electrons. The van der Waals surface area contributed by atoms with Crippen LogP contribution in [0.4, 0.5) is 4.79 Å². The van der Waals surface area contributed by atoms with E-state index < -0.39 is 5.54 Å². The van der Waals surface area contributed by atoms with Gasteiger partial charge < -0.3 is 15.1 Å². The molecular weight excluding hydrogens is 285 g/mol. The molecule has 1 atom stereocenters. The maximum atomic E-state index is 12.2. The lowest BCUT2D eigenvalue weighted by Gasteiger charge is -2.36. The second kappa shape index (κ2) is 5.73. The second-order valence-electron chi connectivity index (χ2n) is 5.39. The Labute approximate surface area is 124 Å². The monoisotopic (exact) mass is 303 g/mol. The molecule has 1 fully saturated rings. The molecule has 0 saturated carbocycles. The van der Waals surface area contributed by atoms with Gasteiger partial charge >= 0.3 is 6.03 Å². The summed E-state index contributed by atoms with van der Waals surface area (Å²) in [6.45, 7) is 5.28. The zero-order chi connectivity index (χ0) is 14.0. The predicted molar refractivity (Wildman–Crippen MR) is 78.5 cm³/mol. The van der Waals surface area contributed by atoms with Crippen molar-refractivity contribution in [1.82, 2.24) is 15.1 Å². The van der Waals surface area contributed by atoms with Gasteiger partial charge in [-0.1, -0.05) is 29.3 Å². The molecule has 4 nitrogen and oxygen atoms in total. The molecule has 0 aromatic rings. The van der Waals surface area contributed by atoms with Crippen molar-refractivity contribution < 1.29 is 4.79 Å². The number of rotatable bonds is 1. The quantitative estimate of drug-likeness (QED) is 0.807. The second-order valence-corrected chi connectivity index (χ2v) is 6.20. The summed E-state index contributed by atoms with van der Waals surface area (Å²) in [5.74, 6) is 0. The normalized spacial score (nSPS) is 28.7. The van der Waals surface area contributed by atoms with Crippen molar-refractivity contribution >= 4 is 29.2 Å². The van der Waals surface area contributed by atoms with E-state index in [9.17, 15) is 4.79 Å². The third-order valence-corrected chi connectivity index (χ3v) is 4.33. The number of halogens is 2. The third-order valence-electron chi connectivity index (χ3n) is 3.56. The Morgan fingerprint density at radius 2 is 1.89 bits per heavy atom. The minimum Gasteiger partial charge on any atom is -0.329 e. The fourth-order valence-corrected chi connectivity index (χ4v) is 2.68. The highest BCUT2D eigenvalue weighted by Gasteiger charge is 2.29. The highest BCUT2D eigenvalue weighted by Crippen LogP contribution is 2.30. The molecule has 0 aromatic carbocycles. The number of urea groups is 1. The van der Waals surface area contributed by atoms with Crippen LogP contribution in [0.3, 0.4) is 0 Å². The van der Waals surface area contributed by atoms with E-state index >= 15 is 0 Å². The van der Waals surface area contributed by atoms with E-state index in [4.69, 9.17) is 23.2 Å². The Bertz CT molecular complexity index is 428. The predicted octanol–water partition coefficient (Wildman–Crippen LogP) is 2.35. The summed E-state index contributed by atoms with van der Waals surface area (Å²) in [7, 11) is 2.06. The molecule has 2 aliphatic rings. The van der Waals surface area contributed by atoms with E-state index in [2.05, 4.69) is 17.3 Å². The van der Waals surface area contributed by atoms with Crippen LogP contribution < -0.4 is 5.32 Å². The zero-order valence-electron chi connectivity index (χ0n) is 11.2. The SMILES string of the molecule is CN1CCN(C(=O)NC2(C)C=C(Cl)C(Cl)=CC2)CC1. The number of carbonyl (C=O) groups is 1. The van der Waals surface area contributed by atoms with Gasteiger partial charge in [0.15, 0.2) is 0 Å². The summed E-state index contributed by atoms with van der Waals surface area (Å²) in [6, 6.07) is -0.0391. The number of nitrogens with zero attached hydrogens (tertiary/aromatic N) is 2. The highest BCUT2D eigenvalue weighted by atomic mass is 35.5. The van der Waals surface area contributed by atoms with Crippen molar-refractivity contribution in [3.05, 3.63) is 22.2 Å². The first-order valence-electron chi connectivity index (χ1n) is 6.40. The Kier molecular flexibility index (Phi) is 4.43. The van der Waals surface area contributed by atoms with Gasteiger partial charge in [0.2, 0.25) is 0 Å². The van der Waals surface area contributed by atoms with Crippen LogP contribution in [0.1, 0.15) is 13.3 Å². The van der Waals surface area contributed by atoms with Crippen LogP contribution in [0.2, 0.25) is 0 Å². The van der Waals surface area contributed by atoms with E-state index in [0.717, 1.165) is 26.2 Å². The lowest BCUT2D eigenvalue weighted by Crippen LogP contribution is -2.55. The minimum absolute atomic E-state index is 0.0391. The molecule has 1 unspecified atom stereocenters. The van der Waals surface area contributed by atoms with Crippen LogP contribution in [0, 0.1) is 0 Å². The van der Waals surface area contributed by atoms with Gasteiger partial charge in [0.25, 0.3) is 0 Å². The lowest BCUT2D eigenvalue weighted by atomic mass is 9.93. The first kappa shape index (κ1) is 14.7. The molecule has 0 bridgehead atoms. The summed E-state index contributed by atoms with van der Waals surface area (Å²) in [4.78, 5) is 16.3. The smallest absolute Gasteiger partial charge is 0.318 e. The molecule has 6 heteroatoms. The fraction of sp³-hybridized carbons (Fsp3) is 0.615. The number of nitrogens with one attached hydrogen (secondary N) is 1. The summed E-state index contributed by atoms with van der Waals surface area (Å²) >= 11 is 12.0. The standard InChI is InChI=1S/C13H19Cl2N3O/c1-13(4-3-10(14)11(15)9-13)16-12(19)18-7-5-17(2)6-8-18/h3,9H,4-8H2,1-2H3,(H,16,19). The number of allylic oxidation sites excluding steroid dienone is 2. The van der Waals surface area contributed by atoms with E-state index in [1.165, 1.54) is 0 Å². The van der Waals surface area contributed by atoms with Gasteiger partial charge in [-0.25, -0.2) is 4.79 Å². The molecule has 0 spiro atoms. The molecule has 1 heterocycles. The molecule has 1 N–H and O–H groups in total. The zero-order valence-corrected chi connectivity index (χ0v) is 12.8. The summed E-state index contributed by atoms with van der Waals surface area (Å²) in [5.41, 5.74) is -0.462. The topological polar surface area (TPSA) is 35.6 Å². The third kappa shape index (κ3) is 3.65. The van der Waals surface area contributed by atoms with Gasteiger partial charge in [0, 0.05) is 26.2 Å². The Morgan fingerprint density at radius 1 is 1.26 bits per heavy atom. The lowest BCUT2D eigenvalue weighted by molar-refractivity contribution is 0.149. The summed E-state index contributed by atoms with van der Waals surface area (Å²) in [5, 5.41) is 4.08. The average Bonchev–Trinajstić information content (AvgIpc) is 2.35. The van der Waals surface area contributed by atoms with Crippen molar-refractivity contribution in [1.29, 1.82) is 0 Å². The van der Waals surface area contributed by atoms with Gasteiger partial charge in [-0.3, -0.25) is 0 Å². The van der Waals surface area contributed by atoms with E-state index in [1.54, 1.807) is 0 Å². The van der Waals surface area contributed by atoms with Crippen molar-refractivity contribution in [3.63, 3.8) is 0 Å². The van der Waals surface area contributed by atoms with Crippen LogP contribution in [-0.2, 0) is 0 Å². The van der Waals surface area contributed by atoms with E-state index in [0.29, 0.717) is 16.5 Å². The number of piperazine rings is 1. The van der Waals surface area contributed by atoms with Gasteiger partial charge in [-0.15, -0.1) is 0 Å². The van der Waals surface area contributed by atoms with Gasteiger partial charge in [0.05, 0.1) is 15.6 Å². The summed E-state index contributed by atoms with van der Waals surface area (Å²) in [6.07, 6.45) is 4.31. The molecule has 0 aromatic heterocycles. The van der Waals surface area contributed by atoms with Crippen LogP contribution in [0.5, 0.6) is 0 Å². The van der Waals surface area contributed by atoms with E-state index in [1.807, 2.05) is 24.0 Å². The molecular formula is C13H19Cl2N3O. The maximum Gasteiger partial charge on any atom is 0.318 e. The van der Waals surface area contributed by atoms with Gasteiger partial charge in [-0.2, -0.15) is 0 Å². The van der Waals surface area contributed by atoms with Crippen LogP contribution >= 0.6 is 23.2 Å². The number of hydrogen-bond acceptors (Lipinski definition) is 2. The Hall–Kier alpha value is -0.710. The number of amides is 2. The largest absolute Gasteiger partial charge is 0.329 e. The molecule has 19 heavy (non-hydrogen) atoms. The van der Waals surface area contributed by atoms with Crippen molar-refractivity contribution in [2.45, 2.75) is 18.9 Å². The molecule has 1 aliphatic carbocycles. The maximum absolute atomic E-state index is 12.2. The first-order chi connectivity index (χ1) is 8.89. The summed E-state index contributed by atoms with van der Waals surface area (Å²) < 4.78 is 0. The molecule has 1 aliphatic heterocycles. The van der Waals surface area contributed by atoms with Crippen molar-refractivity contribution in [2.75, 3.05) is 33.2 Å². The number of likely N-dealkylation sites (N-methyl/N-ethyl adjacent to an activating group) is 1. The molecule has 0 radical (unpaired) electrons. The van der Waals surface area contributed by atoms with Gasteiger partial charge in [0.1, 0.15) is 0 Å².